The zero-order chi connectivity index (χ0) is 20.1. The number of allylic oxidation sites excluding steroid dienone is 1. The molecule has 2 heterocycles. The van der Waals surface area contributed by atoms with Crippen molar-refractivity contribution in [1.29, 1.82) is 0 Å². The minimum Gasteiger partial charge on any atom is -0.507 e. The Hall–Kier alpha value is -2.78. The second-order valence-corrected chi connectivity index (χ2v) is 7.25. The van der Waals surface area contributed by atoms with E-state index in [9.17, 15) is 14.7 Å². The number of fused-ring (bicyclic) bond motifs is 1. The first-order valence-electron chi connectivity index (χ1n) is 8.82. The summed E-state index contributed by atoms with van der Waals surface area (Å²) in [4.78, 5) is 33.5. The van der Waals surface area contributed by atoms with Crippen LogP contribution in [0.5, 0.6) is 0 Å². The number of ketones is 1. The van der Waals surface area contributed by atoms with E-state index in [2.05, 4.69) is 15.3 Å². The zero-order valence-corrected chi connectivity index (χ0v) is 16.5. The maximum absolute atomic E-state index is 12.8. The number of methoxy groups -OCH3 is 1. The van der Waals surface area contributed by atoms with Crippen LogP contribution < -0.4 is 5.32 Å². The van der Waals surface area contributed by atoms with Crippen molar-refractivity contribution in [3.8, 4) is 0 Å². The Labute approximate surface area is 166 Å². The number of carbonyl (C=O) groups is 2. The highest BCUT2D eigenvalue weighted by atomic mass is 32.1. The average Bonchev–Trinajstić information content (AvgIpc) is 3.09. The monoisotopic (exact) mass is 403 g/mol. The predicted octanol–water partition coefficient (Wildman–Crippen LogP) is 3.53. The van der Waals surface area contributed by atoms with Crippen molar-refractivity contribution >= 4 is 34.1 Å². The van der Waals surface area contributed by atoms with E-state index < -0.39 is 6.09 Å². The third kappa shape index (κ3) is 4.55. The number of anilines is 1. The number of aromatic nitrogens is 2. The van der Waals surface area contributed by atoms with Crippen LogP contribution in [0.1, 0.15) is 39.5 Å². The molecule has 0 aromatic carbocycles. The van der Waals surface area contributed by atoms with Crippen LogP contribution in [0.4, 0.5) is 9.93 Å². The number of nitrogens with zero attached hydrogens (tertiary/aromatic N) is 2. The van der Waals surface area contributed by atoms with E-state index in [1.54, 1.807) is 25.4 Å². The summed E-state index contributed by atoms with van der Waals surface area (Å²) in [6, 6.07) is 3.50. The topological polar surface area (TPSA) is 111 Å². The molecule has 0 unspecified atom stereocenters. The average molecular weight is 403 g/mol. The van der Waals surface area contributed by atoms with Crippen LogP contribution in [0, 0.1) is 6.92 Å². The summed E-state index contributed by atoms with van der Waals surface area (Å²) >= 11 is 1.08. The summed E-state index contributed by atoms with van der Waals surface area (Å²) in [6.07, 6.45) is 2.38. The molecule has 0 radical (unpaired) electrons. The predicted molar refractivity (Wildman–Crippen MR) is 105 cm³/mol. The van der Waals surface area contributed by atoms with Crippen LogP contribution in [0.25, 0.3) is 5.76 Å². The summed E-state index contributed by atoms with van der Waals surface area (Å²) in [5.74, 6) is -0.345. The number of hydrogen-bond donors (Lipinski definition) is 2. The number of aliphatic hydroxyl groups is 1. The maximum Gasteiger partial charge on any atom is 0.413 e. The third-order valence-corrected chi connectivity index (χ3v) is 5.21. The number of carbonyl (C=O) groups excluding carboxylic acids is 2. The summed E-state index contributed by atoms with van der Waals surface area (Å²) in [6.45, 7) is 2.58. The van der Waals surface area contributed by atoms with Crippen molar-refractivity contribution < 1.29 is 24.2 Å². The fourth-order valence-electron chi connectivity index (χ4n) is 2.75. The molecular formula is C19H21N3O5S. The molecule has 0 saturated carbocycles. The second kappa shape index (κ2) is 8.94. The molecule has 8 nitrogen and oxygen atoms in total. The van der Waals surface area contributed by atoms with Crippen molar-refractivity contribution in [3.05, 3.63) is 45.7 Å². The second-order valence-electron chi connectivity index (χ2n) is 6.25. The van der Waals surface area contributed by atoms with Crippen molar-refractivity contribution in [1.82, 2.24) is 9.97 Å². The molecule has 2 aromatic rings. The molecule has 1 amide bonds. The molecule has 0 saturated heterocycles. The highest BCUT2D eigenvalue weighted by Gasteiger charge is 2.29. The first-order chi connectivity index (χ1) is 13.5. The van der Waals surface area contributed by atoms with Crippen LogP contribution in [-0.2, 0) is 15.9 Å². The Bertz CT molecular complexity index is 905. The lowest BCUT2D eigenvalue weighted by atomic mass is 9.93. The lowest BCUT2D eigenvalue weighted by Gasteiger charge is -2.14. The molecule has 0 aliphatic heterocycles. The van der Waals surface area contributed by atoms with E-state index in [-0.39, 0.29) is 18.1 Å². The van der Waals surface area contributed by atoms with Crippen LogP contribution in [0.3, 0.4) is 0 Å². The number of thiazole rings is 1. The van der Waals surface area contributed by atoms with Crippen LogP contribution >= 0.6 is 11.3 Å². The molecule has 0 atom stereocenters. The Morgan fingerprint density at radius 1 is 1.32 bits per heavy atom. The largest absolute Gasteiger partial charge is 0.507 e. The molecule has 0 spiro atoms. The van der Waals surface area contributed by atoms with E-state index in [0.717, 1.165) is 17.0 Å². The number of hydrogen-bond acceptors (Lipinski definition) is 8. The number of amides is 1. The smallest absolute Gasteiger partial charge is 0.413 e. The Balaban J connectivity index is 1.72. The summed E-state index contributed by atoms with van der Waals surface area (Å²) in [7, 11) is 1.58. The van der Waals surface area contributed by atoms with Crippen molar-refractivity contribution in [2.24, 2.45) is 0 Å². The molecule has 2 N–H and O–H groups in total. The molecule has 28 heavy (non-hydrogen) atoms. The standard InChI is InChI=1S/C19H21N3O5S/c1-11-4-5-12(10-20-11)15(23)13-6-7-14-17(16(13)24)28-18(21-14)22-19(25)27-9-3-8-26-2/h4-5,10,23H,3,6-9H2,1-2H3,(H,21,22,25). The minimum atomic E-state index is -0.626. The van der Waals surface area contributed by atoms with Gasteiger partial charge in [0.15, 0.2) is 5.13 Å². The van der Waals surface area contributed by atoms with Crippen LogP contribution in [0.2, 0.25) is 0 Å². The Morgan fingerprint density at radius 2 is 2.14 bits per heavy atom. The van der Waals surface area contributed by atoms with E-state index in [0.29, 0.717) is 52.7 Å². The molecule has 148 valence electrons. The molecule has 0 bridgehead atoms. The SMILES string of the molecule is COCCCOC(=O)Nc1nc2c(s1)C(=O)C(=C(O)c1ccc(C)nc1)CC2. The van der Waals surface area contributed by atoms with E-state index in [1.807, 2.05) is 6.92 Å². The van der Waals surface area contributed by atoms with Gasteiger partial charge in [-0.1, -0.05) is 11.3 Å². The van der Waals surface area contributed by atoms with Gasteiger partial charge in [-0.3, -0.25) is 15.1 Å². The third-order valence-electron chi connectivity index (χ3n) is 4.20. The number of ether oxygens (including phenoxy) is 2. The van der Waals surface area contributed by atoms with Crippen molar-refractivity contribution in [3.63, 3.8) is 0 Å². The van der Waals surface area contributed by atoms with Gasteiger partial charge >= 0.3 is 6.09 Å². The number of aliphatic hydroxyl groups excluding tert-OH is 1. The Morgan fingerprint density at radius 3 is 2.86 bits per heavy atom. The fraction of sp³-hybridized carbons (Fsp3) is 0.368. The van der Waals surface area contributed by atoms with Crippen molar-refractivity contribution in [2.45, 2.75) is 26.2 Å². The number of Topliss-reactive ketones (excluding diaryl/α,β-unsaturated/α-hetero) is 1. The van der Waals surface area contributed by atoms with E-state index in [4.69, 9.17) is 9.47 Å². The van der Waals surface area contributed by atoms with Gasteiger partial charge in [0.05, 0.1) is 12.3 Å². The summed E-state index contributed by atoms with van der Waals surface area (Å²) in [5, 5.41) is 13.4. The highest BCUT2D eigenvalue weighted by molar-refractivity contribution is 7.18. The lowest BCUT2D eigenvalue weighted by molar-refractivity contribution is 0.102. The lowest BCUT2D eigenvalue weighted by Crippen LogP contribution is -2.15. The van der Waals surface area contributed by atoms with Crippen molar-refractivity contribution in [2.75, 3.05) is 25.6 Å². The quantitative estimate of drug-likeness (QED) is 0.431. The zero-order valence-electron chi connectivity index (χ0n) is 15.7. The Kier molecular flexibility index (Phi) is 6.37. The highest BCUT2D eigenvalue weighted by Crippen LogP contribution is 2.34. The summed E-state index contributed by atoms with van der Waals surface area (Å²) < 4.78 is 9.92. The molecule has 1 aliphatic carbocycles. The first-order valence-corrected chi connectivity index (χ1v) is 9.63. The number of pyridine rings is 1. The fourth-order valence-corrected chi connectivity index (χ4v) is 3.71. The number of aryl methyl sites for hydroxylation is 2. The van der Waals surface area contributed by atoms with Gasteiger partial charge in [-0.25, -0.2) is 9.78 Å². The van der Waals surface area contributed by atoms with Gasteiger partial charge in [-0.05, 0) is 31.9 Å². The van der Waals surface area contributed by atoms with Gasteiger partial charge < -0.3 is 14.6 Å². The van der Waals surface area contributed by atoms with E-state index >= 15 is 0 Å². The molecule has 9 heteroatoms. The van der Waals surface area contributed by atoms with Gasteiger partial charge in [0.2, 0.25) is 5.78 Å². The van der Waals surface area contributed by atoms with E-state index in [1.165, 1.54) is 0 Å². The number of nitrogens with one attached hydrogen (secondary N) is 1. The van der Waals surface area contributed by atoms with Gasteiger partial charge in [-0.15, -0.1) is 0 Å². The molecule has 0 fully saturated rings. The molecular weight excluding hydrogens is 382 g/mol. The van der Waals surface area contributed by atoms with Gasteiger partial charge in [0.25, 0.3) is 0 Å². The van der Waals surface area contributed by atoms with Crippen LogP contribution in [-0.4, -0.2) is 47.3 Å². The molecule has 2 aromatic heterocycles. The van der Waals surface area contributed by atoms with Gasteiger partial charge in [0, 0.05) is 43.2 Å². The maximum atomic E-state index is 12.8. The first kappa shape index (κ1) is 20.0. The van der Waals surface area contributed by atoms with Gasteiger partial charge in [-0.2, -0.15) is 0 Å². The summed E-state index contributed by atoms with van der Waals surface area (Å²) in [5.41, 5.74) is 2.27. The van der Waals surface area contributed by atoms with Crippen LogP contribution in [0.15, 0.2) is 23.9 Å². The normalized spacial score (nSPS) is 15.1. The number of rotatable bonds is 6. The molecule has 1 aliphatic rings. The molecule has 3 rings (SSSR count). The van der Waals surface area contributed by atoms with Gasteiger partial charge in [0.1, 0.15) is 10.6 Å². The minimum absolute atomic E-state index is 0.0661.